The highest BCUT2D eigenvalue weighted by molar-refractivity contribution is 5.78. The lowest BCUT2D eigenvalue weighted by atomic mass is 9.97. The molecule has 0 spiro atoms. The summed E-state index contributed by atoms with van der Waals surface area (Å²) in [6.07, 6.45) is 5.40. The van der Waals surface area contributed by atoms with Gasteiger partial charge in [0.15, 0.2) is 0 Å². The Balaban J connectivity index is 2.24. The van der Waals surface area contributed by atoms with Crippen molar-refractivity contribution in [2.24, 2.45) is 5.73 Å². The molecular weight excluding hydrogens is 240 g/mol. The number of amides is 1. The van der Waals surface area contributed by atoms with Crippen LogP contribution in [-0.4, -0.2) is 41.5 Å². The van der Waals surface area contributed by atoms with Gasteiger partial charge < -0.3 is 11.1 Å². The Kier molecular flexibility index (Phi) is 4.87. The van der Waals surface area contributed by atoms with Gasteiger partial charge in [-0.3, -0.25) is 14.7 Å². The molecule has 1 fully saturated rings. The van der Waals surface area contributed by atoms with Gasteiger partial charge in [0.25, 0.3) is 0 Å². The molecule has 1 aliphatic rings. The fraction of sp³-hybridized carbons (Fsp3) is 0.571. The van der Waals surface area contributed by atoms with Crippen molar-refractivity contribution in [3.63, 3.8) is 0 Å². The molecule has 2 unspecified atom stereocenters. The van der Waals surface area contributed by atoms with Crippen LogP contribution < -0.4 is 11.1 Å². The van der Waals surface area contributed by atoms with E-state index in [0.29, 0.717) is 6.54 Å². The van der Waals surface area contributed by atoms with Gasteiger partial charge in [-0.15, -0.1) is 0 Å². The second-order valence-corrected chi connectivity index (χ2v) is 4.97. The van der Waals surface area contributed by atoms with Gasteiger partial charge in [-0.25, -0.2) is 0 Å². The number of pyridine rings is 1. The molecule has 1 saturated heterocycles. The Bertz CT molecular complexity index is 409. The van der Waals surface area contributed by atoms with E-state index in [4.69, 9.17) is 5.73 Å². The number of carbonyl (C=O) groups is 1. The first kappa shape index (κ1) is 14.0. The second-order valence-electron chi connectivity index (χ2n) is 4.97. The van der Waals surface area contributed by atoms with Crippen LogP contribution in [0, 0.1) is 0 Å². The Morgan fingerprint density at radius 3 is 2.89 bits per heavy atom. The van der Waals surface area contributed by atoms with Gasteiger partial charge in [-0.05, 0) is 30.5 Å². The number of aromatic nitrogens is 1. The smallest absolute Gasteiger partial charge is 0.234 e. The third-order valence-electron chi connectivity index (χ3n) is 3.61. The zero-order chi connectivity index (χ0) is 13.7. The van der Waals surface area contributed by atoms with E-state index in [0.717, 1.165) is 31.5 Å². The van der Waals surface area contributed by atoms with E-state index < -0.39 is 0 Å². The summed E-state index contributed by atoms with van der Waals surface area (Å²) in [5, 5.41) is 2.90. The van der Waals surface area contributed by atoms with Gasteiger partial charge >= 0.3 is 0 Å². The first-order chi connectivity index (χ1) is 9.22. The molecule has 0 radical (unpaired) electrons. The minimum absolute atomic E-state index is 0.0216. The maximum absolute atomic E-state index is 11.7. The molecule has 5 nitrogen and oxygen atoms in total. The molecule has 5 heteroatoms. The van der Waals surface area contributed by atoms with E-state index in [2.05, 4.69) is 22.1 Å². The second kappa shape index (κ2) is 6.63. The van der Waals surface area contributed by atoms with Gasteiger partial charge in [0, 0.05) is 31.5 Å². The Morgan fingerprint density at radius 1 is 1.47 bits per heavy atom. The third kappa shape index (κ3) is 3.52. The number of hydrogen-bond donors (Lipinski definition) is 2. The summed E-state index contributed by atoms with van der Waals surface area (Å²) in [6.45, 7) is 4.14. The van der Waals surface area contributed by atoms with Gasteiger partial charge in [0.2, 0.25) is 5.91 Å². The van der Waals surface area contributed by atoms with Crippen LogP contribution in [0.1, 0.15) is 31.4 Å². The Morgan fingerprint density at radius 2 is 2.21 bits per heavy atom. The standard InChI is InChI=1S/C14H22N4O/c1-2-12(15)14(11-4-7-16-8-5-11)18-9-3-6-17-13(19)10-18/h4-5,7-8,12,14H,2-3,6,9-10,15H2,1H3,(H,17,19). The number of hydrogen-bond acceptors (Lipinski definition) is 4. The van der Waals surface area contributed by atoms with Crippen LogP contribution in [0.3, 0.4) is 0 Å². The van der Waals surface area contributed by atoms with Crippen molar-refractivity contribution in [2.75, 3.05) is 19.6 Å². The largest absolute Gasteiger partial charge is 0.355 e. The minimum Gasteiger partial charge on any atom is -0.355 e. The molecule has 19 heavy (non-hydrogen) atoms. The summed E-state index contributed by atoms with van der Waals surface area (Å²) >= 11 is 0. The molecule has 0 aromatic carbocycles. The Labute approximate surface area is 114 Å². The highest BCUT2D eigenvalue weighted by atomic mass is 16.2. The monoisotopic (exact) mass is 262 g/mol. The molecule has 2 atom stereocenters. The fourth-order valence-electron chi connectivity index (χ4n) is 2.58. The van der Waals surface area contributed by atoms with Gasteiger partial charge in [0.1, 0.15) is 0 Å². The third-order valence-corrected chi connectivity index (χ3v) is 3.61. The first-order valence-electron chi connectivity index (χ1n) is 6.88. The molecule has 2 rings (SSSR count). The van der Waals surface area contributed by atoms with Crippen molar-refractivity contribution >= 4 is 5.91 Å². The maximum Gasteiger partial charge on any atom is 0.234 e. The predicted molar refractivity (Wildman–Crippen MR) is 74.4 cm³/mol. The van der Waals surface area contributed by atoms with E-state index in [1.54, 1.807) is 12.4 Å². The molecule has 0 bridgehead atoms. The van der Waals surface area contributed by atoms with Crippen LogP contribution in [0.2, 0.25) is 0 Å². The van der Waals surface area contributed by atoms with Crippen LogP contribution >= 0.6 is 0 Å². The SMILES string of the molecule is CCC(N)C(c1ccncc1)N1CCCNC(=O)C1. The average molecular weight is 262 g/mol. The van der Waals surface area contributed by atoms with Crippen molar-refractivity contribution in [1.82, 2.24) is 15.2 Å². The van der Waals surface area contributed by atoms with Crippen molar-refractivity contribution in [3.8, 4) is 0 Å². The number of carbonyl (C=O) groups excluding carboxylic acids is 1. The van der Waals surface area contributed by atoms with E-state index in [9.17, 15) is 4.79 Å². The fourth-order valence-corrected chi connectivity index (χ4v) is 2.58. The molecule has 104 valence electrons. The molecule has 2 heterocycles. The molecule has 0 saturated carbocycles. The van der Waals surface area contributed by atoms with E-state index >= 15 is 0 Å². The van der Waals surface area contributed by atoms with Crippen molar-refractivity contribution in [3.05, 3.63) is 30.1 Å². The zero-order valence-electron chi connectivity index (χ0n) is 11.4. The average Bonchev–Trinajstić information content (AvgIpc) is 2.65. The lowest BCUT2D eigenvalue weighted by Crippen LogP contribution is -2.43. The summed E-state index contributed by atoms with van der Waals surface area (Å²) < 4.78 is 0. The van der Waals surface area contributed by atoms with Crippen LogP contribution in [-0.2, 0) is 4.79 Å². The van der Waals surface area contributed by atoms with Crippen LogP contribution in [0.25, 0.3) is 0 Å². The van der Waals surface area contributed by atoms with Crippen molar-refractivity contribution in [2.45, 2.75) is 31.8 Å². The molecule has 0 aliphatic carbocycles. The van der Waals surface area contributed by atoms with Gasteiger partial charge in [0.05, 0.1) is 12.6 Å². The number of nitrogens with one attached hydrogen (secondary N) is 1. The lowest BCUT2D eigenvalue weighted by Gasteiger charge is -2.34. The van der Waals surface area contributed by atoms with Crippen LogP contribution in [0.5, 0.6) is 0 Å². The van der Waals surface area contributed by atoms with Crippen molar-refractivity contribution in [1.29, 1.82) is 0 Å². The number of nitrogens with two attached hydrogens (primary N) is 1. The van der Waals surface area contributed by atoms with E-state index in [-0.39, 0.29) is 18.0 Å². The summed E-state index contributed by atoms with van der Waals surface area (Å²) in [5.41, 5.74) is 7.42. The summed E-state index contributed by atoms with van der Waals surface area (Å²) in [7, 11) is 0. The Hall–Kier alpha value is -1.46. The zero-order valence-corrected chi connectivity index (χ0v) is 11.4. The minimum atomic E-state index is 0.0216. The normalized spacial score (nSPS) is 20.4. The molecule has 1 amide bonds. The molecular formula is C14H22N4O. The van der Waals surface area contributed by atoms with Gasteiger partial charge in [-0.2, -0.15) is 0 Å². The summed E-state index contributed by atoms with van der Waals surface area (Å²) in [5.74, 6) is 0.0832. The number of rotatable bonds is 4. The maximum atomic E-state index is 11.7. The summed E-state index contributed by atoms with van der Waals surface area (Å²) in [6, 6.07) is 4.08. The highest BCUT2D eigenvalue weighted by Gasteiger charge is 2.28. The molecule has 1 aromatic heterocycles. The highest BCUT2D eigenvalue weighted by Crippen LogP contribution is 2.25. The predicted octanol–water partition coefficient (Wildman–Crippen LogP) is 0.682. The van der Waals surface area contributed by atoms with Gasteiger partial charge in [-0.1, -0.05) is 6.92 Å². The summed E-state index contributed by atoms with van der Waals surface area (Å²) in [4.78, 5) is 18.0. The molecule has 1 aliphatic heterocycles. The molecule has 3 N–H and O–H groups in total. The van der Waals surface area contributed by atoms with E-state index in [1.165, 1.54) is 0 Å². The molecule has 1 aromatic rings. The van der Waals surface area contributed by atoms with E-state index in [1.807, 2.05) is 12.1 Å². The van der Waals surface area contributed by atoms with Crippen LogP contribution in [0.15, 0.2) is 24.5 Å². The van der Waals surface area contributed by atoms with Crippen LogP contribution in [0.4, 0.5) is 0 Å². The lowest BCUT2D eigenvalue weighted by molar-refractivity contribution is -0.122. The number of nitrogens with zero attached hydrogens (tertiary/aromatic N) is 2. The first-order valence-corrected chi connectivity index (χ1v) is 6.88. The quantitative estimate of drug-likeness (QED) is 0.837. The van der Waals surface area contributed by atoms with Crippen molar-refractivity contribution < 1.29 is 4.79 Å². The topological polar surface area (TPSA) is 71.2 Å².